The zero-order valence-corrected chi connectivity index (χ0v) is 14.6. The maximum absolute atomic E-state index is 11.9. The molecule has 0 radical (unpaired) electrons. The number of rotatable bonds is 6. The minimum atomic E-state index is -0.477. The van der Waals surface area contributed by atoms with Gasteiger partial charge in [0.15, 0.2) is 12.4 Å². The van der Waals surface area contributed by atoms with Gasteiger partial charge in [0.25, 0.3) is 5.89 Å². The molecule has 2 aromatic carbocycles. The lowest BCUT2D eigenvalue weighted by atomic mass is 10.2. The predicted octanol–water partition coefficient (Wildman–Crippen LogP) is 4.23. The summed E-state index contributed by atoms with van der Waals surface area (Å²) in [4.78, 5) is 15.9. The summed E-state index contributed by atoms with van der Waals surface area (Å²) in [7, 11) is 0. The van der Waals surface area contributed by atoms with E-state index in [-0.39, 0.29) is 6.61 Å². The highest BCUT2D eigenvalue weighted by Gasteiger charge is 2.05. The molecule has 0 saturated heterocycles. The lowest BCUT2D eigenvalue weighted by molar-refractivity contribution is -0.128. The highest BCUT2D eigenvalue weighted by Crippen LogP contribution is 2.19. The number of aryl methyl sites for hydroxylation is 1. The molecule has 0 fully saturated rings. The van der Waals surface area contributed by atoms with E-state index < -0.39 is 5.97 Å². The van der Waals surface area contributed by atoms with E-state index in [9.17, 15) is 4.79 Å². The molecule has 0 bridgehead atoms. The monoisotopic (exact) mass is 370 g/mol. The zero-order valence-electron chi connectivity index (χ0n) is 13.9. The summed E-state index contributed by atoms with van der Waals surface area (Å²) in [5.41, 5.74) is 0.853. The first kappa shape index (κ1) is 17.7. The molecule has 3 aromatic rings. The number of halogens is 1. The van der Waals surface area contributed by atoms with Crippen LogP contribution in [0.25, 0.3) is 6.08 Å². The van der Waals surface area contributed by atoms with Gasteiger partial charge in [0, 0.05) is 11.1 Å². The van der Waals surface area contributed by atoms with Crippen LogP contribution >= 0.6 is 11.6 Å². The van der Waals surface area contributed by atoms with Gasteiger partial charge in [-0.3, -0.25) is 0 Å². The van der Waals surface area contributed by atoms with Gasteiger partial charge in [0.05, 0.1) is 0 Å². The normalized spacial score (nSPS) is 10.8. The van der Waals surface area contributed by atoms with E-state index in [2.05, 4.69) is 10.1 Å². The molecule has 1 heterocycles. The van der Waals surface area contributed by atoms with E-state index in [4.69, 9.17) is 25.6 Å². The predicted molar refractivity (Wildman–Crippen MR) is 95.9 cm³/mol. The van der Waals surface area contributed by atoms with Crippen LogP contribution in [0, 0.1) is 6.92 Å². The van der Waals surface area contributed by atoms with Crippen LogP contribution in [0.1, 0.15) is 17.3 Å². The van der Waals surface area contributed by atoms with Crippen molar-refractivity contribution in [2.24, 2.45) is 0 Å². The third-order valence-electron chi connectivity index (χ3n) is 3.26. The molecule has 0 N–H and O–H groups in total. The maximum atomic E-state index is 11.9. The Bertz CT molecular complexity index is 902. The van der Waals surface area contributed by atoms with Gasteiger partial charge in [-0.2, -0.15) is 4.98 Å². The van der Waals surface area contributed by atoms with Crippen molar-refractivity contribution in [3.8, 4) is 11.5 Å². The van der Waals surface area contributed by atoms with E-state index in [1.165, 1.54) is 6.08 Å². The number of nitrogens with zero attached hydrogens (tertiary/aromatic N) is 2. The third-order valence-corrected chi connectivity index (χ3v) is 3.51. The van der Waals surface area contributed by atoms with Gasteiger partial charge >= 0.3 is 5.97 Å². The molecule has 0 atom stereocenters. The van der Waals surface area contributed by atoms with Gasteiger partial charge in [-0.15, -0.1) is 0 Å². The van der Waals surface area contributed by atoms with Gasteiger partial charge in [-0.1, -0.05) is 28.9 Å². The van der Waals surface area contributed by atoms with Crippen molar-refractivity contribution >= 4 is 23.6 Å². The second-order valence-electron chi connectivity index (χ2n) is 5.30. The Morgan fingerprint density at radius 2 is 1.81 bits per heavy atom. The Hall–Kier alpha value is -3.12. The smallest absolute Gasteiger partial charge is 0.336 e. The summed E-state index contributed by atoms with van der Waals surface area (Å²) < 4.78 is 15.7. The highest BCUT2D eigenvalue weighted by molar-refractivity contribution is 6.30. The fourth-order valence-corrected chi connectivity index (χ4v) is 2.16. The Morgan fingerprint density at radius 3 is 2.46 bits per heavy atom. The topological polar surface area (TPSA) is 74.5 Å². The van der Waals surface area contributed by atoms with Crippen LogP contribution < -0.4 is 9.47 Å². The van der Waals surface area contributed by atoms with Gasteiger partial charge in [-0.05, 0) is 55.0 Å². The molecular formula is C19H15ClN2O4. The molecular weight excluding hydrogens is 356 g/mol. The first-order valence-electron chi connectivity index (χ1n) is 7.76. The highest BCUT2D eigenvalue weighted by atomic mass is 35.5. The molecule has 26 heavy (non-hydrogen) atoms. The molecule has 7 heteroatoms. The fourth-order valence-electron chi connectivity index (χ4n) is 2.04. The van der Waals surface area contributed by atoms with Gasteiger partial charge in [-0.25, -0.2) is 4.79 Å². The number of carbonyl (C=O) groups is 1. The second kappa shape index (κ2) is 8.31. The SMILES string of the molecule is Cc1noc(COc2ccc(OC(=O)/C=C/c3ccc(Cl)cc3)cc2)n1. The van der Waals surface area contributed by atoms with Crippen LogP contribution in [0.15, 0.2) is 59.1 Å². The quantitative estimate of drug-likeness (QED) is 0.367. The summed E-state index contributed by atoms with van der Waals surface area (Å²) in [5.74, 6) is 1.48. The van der Waals surface area contributed by atoms with Crippen molar-refractivity contribution in [3.63, 3.8) is 0 Å². The largest absolute Gasteiger partial charge is 0.484 e. The van der Waals surface area contributed by atoms with Crippen molar-refractivity contribution in [3.05, 3.63) is 76.9 Å². The summed E-state index contributed by atoms with van der Waals surface area (Å²) in [6, 6.07) is 13.8. The van der Waals surface area contributed by atoms with Crippen LogP contribution in [-0.2, 0) is 11.4 Å². The van der Waals surface area contributed by atoms with E-state index in [0.29, 0.717) is 28.2 Å². The molecule has 0 saturated carbocycles. The fraction of sp³-hybridized carbons (Fsp3) is 0.105. The van der Waals surface area contributed by atoms with Crippen LogP contribution in [-0.4, -0.2) is 16.1 Å². The molecule has 0 aliphatic rings. The minimum Gasteiger partial charge on any atom is -0.484 e. The van der Waals surface area contributed by atoms with Crippen molar-refractivity contribution in [2.75, 3.05) is 0 Å². The molecule has 0 unspecified atom stereocenters. The molecule has 132 valence electrons. The van der Waals surface area contributed by atoms with Gasteiger partial charge < -0.3 is 14.0 Å². The summed E-state index contributed by atoms with van der Waals surface area (Å²) >= 11 is 5.82. The molecule has 0 aliphatic carbocycles. The van der Waals surface area contributed by atoms with Crippen molar-refractivity contribution in [1.29, 1.82) is 0 Å². The van der Waals surface area contributed by atoms with Crippen molar-refractivity contribution in [2.45, 2.75) is 13.5 Å². The summed E-state index contributed by atoms with van der Waals surface area (Å²) in [6.07, 6.45) is 3.01. The lowest BCUT2D eigenvalue weighted by Gasteiger charge is -2.05. The molecule has 0 spiro atoms. The Kier molecular flexibility index (Phi) is 5.66. The summed E-state index contributed by atoms with van der Waals surface area (Å²) in [5, 5.41) is 4.32. The van der Waals surface area contributed by atoms with Gasteiger partial charge in [0.1, 0.15) is 11.5 Å². The first-order chi connectivity index (χ1) is 12.6. The van der Waals surface area contributed by atoms with Gasteiger partial charge in [0.2, 0.25) is 0 Å². The minimum absolute atomic E-state index is 0.170. The standard InChI is InChI=1S/C19H15ClN2O4/c1-13-21-18(26-22-13)12-24-16-7-9-17(10-8-16)25-19(23)11-4-14-2-5-15(20)6-3-14/h2-11H,12H2,1H3/b11-4+. The Morgan fingerprint density at radius 1 is 1.12 bits per heavy atom. The number of hydrogen-bond acceptors (Lipinski definition) is 6. The third kappa shape index (κ3) is 5.19. The molecule has 3 rings (SSSR count). The maximum Gasteiger partial charge on any atom is 0.336 e. The number of aromatic nitrogens is 2. The van der Waals surface area contributed by atoms with E-state index in [1.54, 1.807) is 49.4 Å². The number of ether oxygens (including phenoxy) is 2. The van der Waals surface area contributed by atoms with Crippen LogP contribution in [0.2, 0.25) is 5.02 Å². The lowest BCUT2D eigenvalue weighted by Crippen LogP contribution is -2.03. The number of hydrogen-bond donors (Lipinski definition) is 0. The zero-order chi connectivity index (χ0) is 18.4. The molecule has 1 aromatic heterocycles. The van der Waals surface area contributed by atoms with Crippen LogP contribution in [0.5, 0.6) is 11.5 Å². The Balaban J connectivity index is 1.51. The molecule has 0 amide bonds. The van der Waals surface area contributed by atoms with E-state index in [1.807, 2.05) is 12.1 Å². The summed E-state index contributed by atoms with van der Waals surface area (Å²) in [6.45, 7) is 1.90. The first-order valence-corrected chi connectivity index (χ1v) is 8.14. The number of esters is 1. The average Bonchev–Trinajstić information content (AvgIpc) is 3.06. The Labute approximate surface area is 155 Å². The molecule has 0 aliphatic heterocycles. The van der Waals surface area contributed by atoms with E-state index >= 15 is 0 Å². The number of carbonyl (C=O) groups excluding carboxylic acids is 1. The van der Waals surface area contributed by atoms with Crippen molar-refractivity contribution < 1.29 is 18.8 Å². The van der Waals surface area contributed by atoms with Crippen LogP contribution in [0.3, 0.4) is 0 Å². The average molecular weight is 371 g/mol. The molecule has 6 nitrogen and oxygen atoms in total. The number of benzene rings is 2. The van der Waals surface area contributed by atoms with E-state index in [0.717, 1.165) is 5.56 Å². The second-order valence-corrected chi connectivity index (χ2v) is 5.74. The van der Waals surface area contributed by atoms with Crippen molar-refractivity contribution in [1.82, 2.24) is 10.1 Å². The van der Waals surface area contributed by atoms with Crippen LogP contribution in [0.4, 0.5) is 0 Å².